The fraction of sp³-hybridized carbons (Fsp3) is 0.538. The Hall–Kier alpha value is -2.76. The van der Waals surface area contributed by atoms with Crippen LogP contribution in [-0.2, 0) is 18.9 Å². The summed E-state index contributed by atoms with van der Waals surface area (Å²) in [5.74, 6) is -0.225. The summed E-state index contributed by atoms with van der Waals surface area (Å²) in [5.41, 5.74) is 8.92. The predicted octanol–water partition coefficient (Wildman–Crippen LogP) is 3.29. The molecule has 3 N–H and O–H groups in total. The van der Waals surface area contributed by atoms with Gasteiger partial charge in [0.05, 0.1) is 75.5 Å². The number of aryl methyl sites for hydroxylation is 1. The van der Waals surface area contributed by atoms with E-state index in [1.54, 1.807) is 14.0 Å². The molecule has 0 spiro atoms. The Labute approximate surface area is 227 Å². The van der Waals surface area contributed by atoms with Crippen LogP contribution in [0.5, 0.6) is 0 Å². The number of ketones is 1. The van der Waals surface area contributed by atoms with Crippen LogP contribution in [0.15, 0.2) is 28.4 Å². The summed E-state index contributed by atoms with van der Waals surface area (Å²) in [4.78, 5) is 14.7. The van der Waals surface area contributed by atoms with E-state index in [9.17, 15) is 10.1 Å². The first-order valence-corrected chi connectivity index (χ1v) is 13.2. The monoisotopic (exact) mass is 547 g/mol. The summed E-state index contributed by atoms with van der Waals surface area (Å²) in [7, 11) is 1.63. The fourth-order valence-corrected chi connectivity index (χ4v) is 4.49. The number of methoxy groups -OCH3 is 1. The second-order valence-corrected chi connectivity index (χ2v) is 9.19. The van der Waals surface area contributed by atoms with Gasteiger partial charge in [-0.25, -0.2) is 0 Å². The van der Waals surface area contributed by atoms with Crippen LogP contribution in [0, 0.1) is 25.2 Å². The van der Waals surface area contributed by atoms with Crippen LogP contribution >= 0.6 is 11.3 Å². The minimum atomic E-state index is -0.225. The lowest BCUT2D eigenvalue weighted by Crippen LogP contribution is -2.31. The Morgan fingerprint density at radius 2 is 1.71 bits per heavy atom. The average molecular weight is 548 g/mol. The van der Waals surface area contributed by atoms with Crippen LogP contribution in [0.1, 0.15) is 26.4 Å². The number of thiophene rings is 1. The van der Waals surface area contributed by atoms with Gasteiger partial charge in [-0.15, -0.1) is 21.6 Å². The van der Waals surface area contributed by atoms with Crippen molar-refractivity contribution in [3.05, 3.63) is 39.8 Å². The van der Waals surface area contributed by atoms with Crippen molar-refractivity contribution in [2.24, 2.45) is 16.0 Å². The van der Waals surface area contributed by atoms with Gasteiger partial charge in [0.2, 0.25) is 0 Å². The van der Waals surface area contributed by atoms with E-state index in [1.807, 2.05) is 25.1 Å². The van der Waals surface area contributed by atoms with Crippen molar-refractivity contribution in [3.63, 3.8) is 0 Å². The number of ether oxygens (including phenoxy) is 4. The third-order valence-electron chi connectivity index (χ3n) is 5.52. The molecule has 0 aliphatic rings. The van der Waals surface area contributed by atoms with Gasteiger partial charge in [-0.1, -0.05) is 0 Å². The maximum Gasteiger partial charge on any atom is 0.186 e. The molecule has 0 saturated carbocycles. The standard InChI is InChI=1S/C26H37N5O6S/c1-19-16-21(31(6-9-35-11-8-32)7-10-36-14-15-37-13-12-34-3)4-5-23(19)29-30-26-22(17-27)20(2)25(38-26)24(33)18-28/h4-5,16,32H,6-15,18,28H2,1-3H3/b30-29+. The fourth-order valence-electron chi connectivity index (χ4n) is 3.46. The molecule has 208 valence electrons. The van der Waals surface area contributed by atoms with Crippen LogP contribution in [0.4, 0.5) is 16.4 Å². The van der Waals surface area contributed by atoms with Crippen molar-refractivity contribution < 1.29 is 28.8 Å². The Balaban J connectivity index is 2.09. The number of hydrogen-bond acceptors (Lipinski definition) is 12. The minimum absolute atomic E-state index is 0.0237. The van der Waals surface area contributed by atoms with Crippen LogP contribution < -0.4 is 10.6 Å². The molecular weight excluding hydrogens is 510 g/mol. The molecule has 0 aliphatic heterocycles. The molecule has 2 rings (SSSR count). The first-order valence-electron chi connectivity index (χ1n) is 12.3. The Morgan fingerprint density at radius 1 is 1.05 bits per heavy atom. The highest BCUT2D eigenvalue weighted by Crippen LogP contribution is 2.36. The topological polar surface area (TPSA) is 152 Å². The molecule has 0 aliphatic carbocycles. The van der Waals surface area contributed by atoms with Gasteiger partial charge in [0.1, 0.15) is 6.07 Å². The van der Waals surface area contributed by atoms with Gasteiger partial charge in [-0.3, -0.25) is 4.79 Å². The van der Waals surface area contributed by atoms with E-state index in [0.29, 0.717) is 79.4 Å². The number of benzene rings is 1. The van der Waals surface area contributed by atoms with Gasteiger partial charge < -0.3 is 34.7 Å². The number of nitriles is 1. The van der Waals surface area contributed by atoms with Crippen molar-refractivity contribution in [2.75, 3.05) is 84.5 Å². The zero-order valence-corrected chi connectivity index (χ0v) is 23.1. The number of aliphatic hydroxyl groups excluding tert-OH is 1. The lowest BCUT2D eigenvalue weighted by Gasteiger charge is -2.25. The second kappa shape index (κ2) is 17.7. The lowest BCUT2D eigenvalue weighted by atomic mass is 10.1. The van der Waals surface area contributed by atoms with Crippen LogP contribution in [-0.4, -0.2) is 90.5 Å². The van der Waals surface area contributed by atoms with Crippen LogP contribution in [0.3, 0.4) is 0 Å². The molecule has 1 heterocycles. The number of carbonyl (C=O) groups excluding carboxylic acids is 1. The first kappa shape index (κ1) is 31.5. The summed E-state index contributed by atoms with van der Waals surface area (Å²) in [5, 5.41) is 27.5. The Kier molecular flexibility index (Phi) is 14.6. The molecule has 38 heavy (non-hydrogen) atoms. The second-order valence-electron chi connectivity index (χ2n) is 8.19. The SMILES string of the molecule is COCCOCCOCCN(CCOCCO)c1ccc(/N=N/c2sc(C(=O)CN)c(C)c2C#N)c(C)c1. The van der Waals surface area contributed by atoms with Crippen molar-refractivity contribution in [1.29, 1.82) is 5.26 Å². The number of nitrogens with zero attached hydrogens (tertiary/aromatic N) is 4. The van der Waals surface area contributed by atoms with Gasteiger partial charge >= 0.3 is 0 Å². The number of nitrogens with two attached hydrogens (primary N) is 1. The molecule has 0 bridgehead atoms. The van der Waals surface area contributed by atoms with Crippen molar-refractivity contribution in [3.8, 4) is 6.07 Å². The summed E-state index contributed by atoms with van der Waals surface area (Å²) in [6.45, 7) is 8.08. The van der Waals surface area contributed by atoms with E-state index >= 15 is 0 Å². The van der Waals surface area contributed by atoms with E-state index in [4.69, 9.17) is 29.8 Å². The average Bonchev–Trinajstić information content (AvgIpc) is 3.25. The predicted molar refractivity (Wildman–Crippen MR) is 146 cm³/mol. The molecule has 1 aromatic heterocycles. The highest BCUT2D eigenvalue weighted by atomic mass is 32.1. The number of rotatable bonds is 19. The molecule has 0 unspecified atom stereocenters. The van der Waals surface area contributed by atoms with E-state index in [-0.39, 0.29) is 25.5 Å². The largest absolute Gasteiger partial charge is 0.394 e. The molecule has 12 heteroatoms. The van der Waals surface area contributed by atoms with Gasteiger partial charge in [0.25, 0.3) is 0 Å². The minimum Gasteiger partial charge on any atom is -0.394 e. The maximum absolute atomic E-state index is 12.1. The van der Waals surface area contributed by atoms with Crippen molar-refractivity contribution in [2.45, 2.75) is 13.8 Å². The normalized spacial score (nSPS) is 11.3. The number of Topliss-reactive ketones (excluding diaryl/α,β-unsaturated/α-hetero) is 1. The number of azo groups is 1. The zero-order valence-electron chi connectivity index (χ0n) is 22.3. The van der Waals surface area contributed by atoms with Crippen LogP contribution in [0.2, 0.25) is 0 Å². The smallest absolute Gasteiger partial charge is 0.186 e. The number of anilines is 1. The summed E-state index contributed by atoms with van der Waals surface area (Å²) in [6.07, 6.45) is 0. The van der Waals surface area contributed by atoms with Gasteiger partial charge in [0, 0.05) is 25.9 Å². The van der Waals surface area contributed by atoms with E-state index in [1.165, 1.54) is 0 Å². The zero-order chi connectivity index (χ0) is 27.8. The first-order chi connectivity index (χ1) is 18.5. The summed E-state index contributed by atoms with van der Waals surface area (Å²) < 4.78 is 21.5. The summed E-state index contributed by atoms with van der Waals surface area (Å²) in [6, 6.07) is 7.91. The maximum atomic E-state index is 12.1. The van der Waals surface area contributed by atoms with Crippen LogP contribution in [0.25, 0.3) is 0 Å². The molecular formula is C26H37N5O6S. The number of aliphatic hydroxyl groups is 1. The van der Waals surface area contributed by atoms with E-state index in [0.717, 1.165) is 22.6 Å². The highest BCUT2D eigenvalue weighted by Gasteiger charge is 2.19. The van der Waals surface area contributed by atoms with Crippen molar-refractivity contribution in [1.82, 2.24) is 0 Å². The summed E-state index contributed by atoms with van der Waals surface area (Å²) >= 11 is 1.13. The molecule has 0 amide bonds. The molecule has 11 nitrogen and oxygen atoms in total. The highest BCUT2D eigenvalue weighted by molar-refractivity contribution is 7.18. The van der Waals surface area contributed by atoms with Crippen molar-refractivity contribution >= 4 is 33.5 Å². The number of carbonyl (C=O) groups is 1. The molecule has 1 aromatic carbocycles. The third kappa shape index (κ3) is 9.85. The van der Waals surface area contributed by atoms with Gasteiger partial charge in [-0.2, -0.15) is 5.26 Å². The molecule has 0 saturated heterocycles. The van der Waals surface area contributed by atoms with Gasteiger partial charge in [-0.05, 0) is 43.2 Å². The lowest BCUT2D eigenvalue weighted by molar-refractivity contribution is 0.0262. The third-order valence-corrected chi connectivity index (χ3v) is 6.74. The number of hydrogen-bond donors (Lipinski definition) is 2. The van der Waals surface area contributed by atoms with E-state index < -0.39 is 0 Å². The molecule has 0 atom stereocenters. The molecule has 2 aromatic rings. The van der Waals surface area contributed by atoms with E-state index in [2.05, 4.69) is 21.2 Å². The Morgan fingerprint density at radius 3 is 2.32 bits per heavy atom. The quantitative estimate of drug-likeness (QED) is 0.153. The molecule has 0 fully saturated rings. The molecule has 0 radical (unpaired) electrons. The Bertz CT molecular complexity index is 1080. The van der Waals surface area contributed by atoms with Gasteiger partial charge in [0.15, 0.2) is 10.8 Å².